The van der Waals surface area contributed by atoms with E-state index in [0.29, 0.717) is 6.54 Å². The van der Waals surface area contributed by atoms with Crippen molar-refractivity contribution in [3.05, 3.63) is 0 Å². The Labute approximate surface area is 129 Å². The Morgan fingerprint density at radius 2 is 1.76 bits per heavy atom. The van der Waals surface area contributed by atoms with Crippen LogP contribution in [0.4, 0.5) is 0 Å². The molecule has 1 saturated carbocycles. The molecule has 4 heteroatoms. The smallest absolute Gasteiger partial charge is 0.240 e. The fourth-order valence-electron chi connectivity index (χ4n) is 3.97. The molecule has 0 aromatic heterocycles. The van der Waals surface area contributed by atoms with Crippen LogP contribution in [0, 0.1) is 11.8 Å². The van der Waals surface area contributed by atoms with E-state index in [1.54, 1.807) is 0 Å². The van der Waals surface area contributed by atoms with E-state index in [0.717, 1.165) is 50.6 Å². The molecule has 122 valence electrons. The van der Waals surface area contributed by atoms with E-state index in [1.165, 1.54) is 6.42 Å². The second-order valence-corrected chi connectivity index (χ2v) is 8.21. The van der Waals surface area contributed by atoms with Crippen molar-refractivity contribution in [2.75, 3.05) is 19.6 Å². The highest BCUT2D eigenvalue weighted by atomic mass is 16.2. The van der Waals surface area contributed by atoms with E-state index in [9.17, 15) is 4.79 Å². The summed E-state index contributed by atoms with van der Waals surface area (Å²) in [6.45, 7) is 12.0. The first-order valence-electron chi connectivity index (χ1n) is 8.55. The van der Waals surface area contributed by atoms with Crippen LogP contribution in [0.15, 0.2) is 0 Å². The Morgan fingerprint density at radius 3 is 2.29 bits per heavy atom. The highest BCUT2D eigenvalue weighted by Crippen LogP contribution is 2.29. The number of amides is 1. The summed E-state index contributed by atoms with van der Waals surface area (Å²) in [5.74, 6) is 1.52. The van der Waals surface area contributed by atoms with Gasteiger partial charge in [0.25, 0.3) is 0 Å². The third-order valence-electron chi connectivity index (χ3n) is 5.35. The Bertz CT molecular complexity index is 364. The number of nitrogens with two attached hydrogens (primary N) is 1. The monoisotopic (exact) mass is 295 g/mol. The lowest BCUT2D eigenvalue weighted by atomic mass is 9.87. The molecule has 2 aliphatic rings. The first kappa shape index (κ1) is 16.8. The van der Waals surface area contributed by atoms with Crippen molar-refractivity contribution < 1.29 is 4.79 Å². The summed E-state index contributed by atoms with van der Waals surface area (Å²) in [5, 5.41) is 3.13. The minimum atomic E-state index is -0.613. The number of nitrogens with one attached hydrogen (secondary N) is 1. The molecular weight excluding hydrogens is 262 g/mol. The highest BCUT2D eigenvalue weighted by Gasteiger charge is 2.39. The fourth-order valence-corrected chi connectivity index (χ4v) is 3.97. The van der Waals surface area contributed by atoms with Crippen LogP contribution >= 0.6 is 0 Å². The van der Waals surface area contributed by atoms with Gasteiger partial charge in [-0.15, -0.1) is 0 Å². The highest BCUT2D eigenvalue weighted by molar-refractivity contribution is 5.86. The van der Waals surface area contributed by atoms with E-state index in [1.807, 2.05) is 0 Å². The van der Waals surface area contributed by atoms with Crippen LogP contribution in [-0.2, 0) is 4.79 Å². The van der Waals surface area contributed by atoms with E-state index in [-0.39, 0.29) is 11.4 Å². The number of hydrogen-bond donors (Lipinski definition) is 2. The maximum Gasteiger partial charge on any atom is 0.240 e. The molecule has 0 radical (unpaired) electrons. The normalized spacial score (nSPS) is 30.3. The summed E-state index contributed by atoms with van der Waals surface area (Å²) in [4.78, 5) is 14.9. The number of carbonyl (C=O) groups is 1. The first-order valence-corrected chi connectivity index (χ1v) is 8.55. The second-order valence-electron chi connectivity index (χ2n) is 8.21. The van der Waals surface area contributed by atoms with Gasteiger partial charge < -0.3 is 11.1 Å². The van der Waals surface area contributed by atoms with Gasteiger partial charge in [0.15, 0.2) is 0 Å². The first-order chi connectivity index (χ1) is 9.73. The van der Waals surface area contributed by atoms with Gasteiger partial charge in [-0.05, 0) is 44.9 Å². The van der Waals surface area contributed by atoms with Gasteiger partial charge in [-0.25, -0.2) is 0 Å². The zero-order valence-corrected chi connectivity index (χ0v) is 14.2. The van der Waals surface area contributed by atoms with E-state index in [2.05, 4.69) is 37.9 Å². The van der Waals surface area contributed by atoms with Crippen LogP contribution < -0.4 is 11.1 Å². The standard InChI is InChI=1S/C17H33N3O/c1-13-9-14(2)11-20(10-13)16(3,4)12-19-15(21)17(18)7-5-6-8-17/h13-14H,5-12,18H2,1-4H3,(H,19,21). The molecule has 21 heavy (non-hydrogen) atoms. The quantitative estimate of drug-likeness (QED) is 0.835. The van der Waals surface area contributed by atoms with Gasteiger partial charge in [-0.1, -0.05) is 26.7 Å². The average molecular weight is 295 g/mol. The maximum absolute atomic E-state index is 12.4. The molecule has 0 bridgehead atoms. The molecule has 2 fully saturated rings. The van der Waals surface area contributed by atoms with Crippen molar-refractivity contribution in [2.24, 2.45) is 17.6 Å². The molecular formula is C17H33N3O. The molecule has 1 aliphatic carbocycles. The van der Waals surface area contributed by atoms with Crippen LogP contribution in [0.3, 0.4) is 0 Å². The van der Waals surface area contributed by atoms with E-state index in [4.69, 9.17) is 5.73 Å². The van der Waals surface area contributed by atoms with E-state index >= 15 is 0 Å². The maximum atomic E-state index is 12.4. The fraction of sp³-hybridized carbons (Fsp3) is 0.941. The zero-order valence-electron chi connectivity index (χ0n) is 14.2. The lowest BCUT2D eigenvalue weighted by molar-refractivity contribution is -0.126. The van der Waals surface area contributed by atoms with Gasteiger partial charge in [0, 0.05) is 25.2 Å². The van der Waals surface area contributed by atoms with Crippen LogP contribution in [0.5, 0.6) is 0 Å². The SMILES string of the molecule is CC1CC(C)CN(C(C)(C)CNC(=O)C2(N)CCCC2)C1. The van der Waals surface area contributed by atoms with E-state index < -0.39 is 5.54 Å². The van der Waals surface area contributed by atoms with Gasteiger partial charge in [-0.2, -0.15) is 0 Å². The number of hydrogen-bond acceptors (Lipinski definition) is 3. The Hall–Kier alpha value is -0.610. The van der Waals surface area contributed by atoms with Gasteiger partial charge in [0.2, 0.25) is 5.91 Å². The predicted octanol–water partition coefficient (Wildman–Crippen LogP) is 2.13. The van der Waals surface area contributed by atoms with Crippen molar-refractivity contribution in [3.8, 4) is 0 Å². The van der Waals surface area contributed by atoms with Gasteiger partial charge in [0.05, 0.1) is 5.54 Å². The average Bonchev–Trinajstić information content (AvgIpc) is 2.83. The minimum absolute atomic E-state index is 0.00638. The summed E-state index contributed by atoms with van der Waals surface area (Å²) in [6, 6.07) is 0. The molecule has 0 aromatic rings. The van der Waals surface area contributed by atoms with Crippen molar-refractivity contribution in [3.63, 3.8) is 0 Å². The Kier molecular flexibility index (Phi) is 4.99. The summed E-state index contributed by atoms with van der Waals surface area (Å²) >= 11 is 0. The number of carbonyl (C=O) groups excluding carboxylic acids is 1. The Balaban J connectivity index is 1.90. The Morgan fingerprint density at radius 1 is 1.24 bits per heavy atom. The van der Waals surface area contributed by atoms with Gasteiger partial charge in [-0.3, -0.25) is 9.69 Å². The van der Waals surface area contributed by atoms with Crippen LogP contribution in [0.2, 0.25) is 0 Å². The van der Waals surface area contributed by atoms with Crippen LogP contribution in [0.1, 0.15) is 59.8 Å². The summed E-state index contributed by atoms with van der Waals surface area (Å²) in [7, 11) is 0. The third kappa shape index (κ3) is 3.98. The molecule has 1 amide bonds. The third-order valence-corrected chi connectivity index (χ3v) is 5.35. The molecule has 2 rings (SSSR count). The number of likely N-dealkylation sites (tertiary alicyclic amines) is 1. The molecule has 1 saturated heterocycles. The lowest BCUT2D eigenvalue weighted by Crippen LogP contribution is -2.59. The molecule has 1 heterocycles. The van der Waals surface area contributed by atoms with Gasteiger partial charge in [0.1, 0.15) is 0 Å². The lowest BCUT2D eigenvalue weighted by Gasteiger charge is -2.45. The van der Waals surface area contributed by atoms with Crippen molar-refractivity contribution >= 4 is 5.91 Å². The summed E-state index contributed by atoms with van der Waals surface area (Å²) in [6.07, 6.45) is 5.13. The molecule has 0 spiro atoms. The van der Waals surface area contributed by atoms with Crippen molar-refractivity contribution in [1.82, 2.24) is 10.2 Å². The number of nitrogens with zero attached hydrogens (tertiary/aromatic N) is 1. The molecule has 0 aromatic carbocycles. The van der Waals surface area contributed by atoms with Crippen molar-refractivity contribution in [1.29, 1.82) is 0 Å². The number of piperidine rings is 1. The minimum Gasteiger partial charge on any atom is -0.353 e. The van der Waals surface area contributed by atoms with Crippen LogP contribution in [0.25, 0.3) is 0 Å². The molecule has 3 N–H and O–H groups in total. The predicted molar refractivity (Wildman–Crippen MR) is 87.0 cm³/mol. The molecule has 4 nitrogen and oxygen atoms in total. The molecule has 2 unspecified atom stereocenters. The largest absolute Gasteiger partial charge is 0.353 e. The summed E-state index contributed by atoms with van der Waals surface area (Å²) < 4.78 is 0. The zero-order chi connectivity index (χ0) is 15.7. The van der Waals surface area contributed by atoms with Gasteiger partial charge >= 0.3 is 0 Å². The van der Waals surface area contributed by atoms with Crippen LogP contribution in [-0.4, -0.2) is 41.5 Å². The second kappa shape index (κ2) is 6.25. The topological polar surface area (TPSA) is 58.4 Å². The molecule has 2 atom stereocenters. The molecule has 1 aliphatic heterocycles. The van der Waals surface area contributed by atoms with Crippen molar-refractivity contribution in [2.45, 2.75) is 70.9 Å². The number of rotatable bonds is 4. The summed E-state index contributed by atoms with van der Waals surface area (Å²) in [5.41, 5.74) is 5.61.